The molecule has 2 rings (SSSR count). The van der Waals surface area contributed by atoms with Gasteiger partial charge in [0.2, 0.25) is 6.41 Å². The van der Waals surface area contributed by atoms with E-state index in [1.807, 2.05) is 12.1 Å². The molecule has 20 heavy (non-hydrogen) atoms. The highest BCUT2D eigenvalue weighted by molar-refractivity contribution is 7.99. The van der Waals surface area contributed by atoms with Crippen LogP contribution < -0.4 is 5.32 Å². The van der Waals surface area contributed by atoms with Crippen LogP contribution in [-0.4, -0.2) is 11.3 Å². The summed E-state index contributed by atoms with van der Waals surface area (Å²) in [7, 11) is 0. The number of non-ortho nitro benzene ring substituents is 1. The molecule has 102 valence electrons. The summed E-state index contributed by atoms with van der Waals surface area (Å²) in [5, 5.41) is 13.9. The fourth-order valence-corrected chi connectivity index (χ4v) is 2.57. The molecule has 0 aliphatic carbocycles. The van der Waals surface area contributed by atoms with Crippen LogP contribution in [0.3, 0.4) is 0 Å². The van der Waals surface area contributed by atoms with Gasteiger partial charge in [0.15, 0.2) is 0 Å². The largest absolute Gasteiger partial charge is 0.328 e. The Bertz CT molecular complexity index is 647. The average molecular weight is 309 g/mol. The number of rotatable bonds is 5. The minimum absolute atomic E-state index is 0.0756. The molecule has 1 N–H and O–H groups in total. The standard InChI is InChI=1S/C13H9ClN2O3S/c14-9-1-3-12(4-2-9)20-13-6-10(15-8-17)5-11(7-13)16(18)19/h1-8H,(H,15,17). The molecule has 2 aromatic rings. The van der Waals surface area contributed by atoms with Crippen molar-refractivity contribution in [3.05, 3.63) is 57.6 Å². The Morgan fingerprint density at radius 2 is 1.85 bits per heavy atom. The first-order valence-electron chi connectivity index (χ1n) is 5.51. The van der Waals surface area contributed by atoms with Gasteiger partial charge in [0.25, 0.3) is 5.69 Å². The van der Waals surface area contributed by atoms with E-state index in [1.165, 1.54) is 23.9 Å². The predicted molar refractivity (Wildman–Crippen MR) is 78.4 cm³/mol. The van der Waals surface area contributed by atoms with Crippen LogP contribution in [0.1, 0.15) is 0 Å². The minimum atomic E-state index is -0.498. The number of carbonyl (C=O) groups excluding carboxylic acids is 1. The Balaban J connectivity index is 2.32. The van der Waals surface area contributed by atoms with Crippen molar-refractivity contribution in [2.45, 2.75) is 9.79 Å². The van der Waals surface area contributed by atoms with Gasteiger partial charge in [-0.25, -0.2) is 0 Å². The number of carbonyl (C=O) groups is 1. The molecule has 7 heteroatoms. The Morgan fingerprint density at radius 1 is 1.15 bits per heavy atom. The van der Waals surface area contributed by atoms with E-state index >= 15 is 0 Å². The molecule has 1 amide bonds. The Hall–Kier alpha value is -2.05. The second-order valence-electron chi connectivity index (χ2n) is 3.79. The van der Waals surface area contributed by atoms with Crippen LogP contribution in [0, 0.1) is 10.1 Å². The first-order valence-corrected chi connectivity index (χ1v) is 6.71. The van der Waals surface area contributed by atoms with Gasteiger partial charge in [-0.3, -0.25) is 14.9 Å². The van der Waals surface area contributed by atoms with E-state index in [-0.39, 0.29) is 5.69 Å². The van der Waals surface area contributed by atoms with Crippen molar-refractivity contribution in [1.82, 2.24) is 0 Å². The molecular weight excluding hydrogens is 300 g/mol. The lowest BCUT2D eigenvalue weighted by atomic mass is 10.3. The van der Waals surface area contributed by atoms with Gasteiger partial charge in [-0.1, -0.05) is 23.4 Å². The summed E-state index contributed by atoms with van der Waals surface area (Å²) in [5.41, 5.74) is 0.305. The molecule has 0 fully saturated rings. The van der Waals surface area contributed by atoms with Crippen molar-refractivity contribution in [2.24, 2.45) is 0 Å². The third-order valence-electron chi connectivity index (χ3n) is 2.38. The van der Waals surface area contributed by atoms with Gasteiger partial charge in [0.1, 0.15) is 0 Å². The first-order chi connectivity index (χ1) is 9.58. The average Bonchev–Trinajstić information content (AvgIpc) is 2.41. The summed E-state index contributed by atoms with van der Waals surface area (Å²) in [6.07, 6.45) is 0.482. The molecule has 0 aliphatic rings. The quantitative estimate of drug-likeness (QED) is 0.515. The smallest absolute Gasteiger partial charge is 0.272 e. The Morgan fingerprint density at radius 3 is 2.45 bits per heavy atom. The highest BCUT2D eigenvalue weighted by Crippen LogP contribution is 2.33. The fraction of sp³-hybridized carbons (Fsp3) is 0. The fourth-order valence-electron chi connectivity index (χ4n) is 1.54. The second-order valence-corrected chi connectivity index (χ2v) is 5.37. The Labute approximate surface area is 124 Å². The zero-order chi connectivity index (χ0) is 14.5. The maximum atomic E-state index is 10.9. The van der Waals surface area contributed by atoms with Crippen LogP contribution in [0.15, 0.2) is 52.3 Å². The number of halogens is 1. The molecule has 2 aromatic carbocycles. The number of hydrogen-bond donors (Lipinski definition) is 1. The van der Waals surface area contributed by atoms with E-state index in [2.05, 4.69) is 5.32 Å². The van der Waals surface area contributed by atoms with Gasteiger partial charge in [0.05, 0.1) is 4.92 Å². The van der Waals surface area contributed by atoms with Crippen molar-refractivity contribution >= 4 is 41.1 Å². The summed E-state index contributed by atoms with van der Waals surface area (Å²) in [6.45, 7) is 0. The molecule has 0 unspecified atom stereocenters. The Kier molecular flexibility index (Phi) is 4.60. The summed E-state index contributed by atoms with van der Waals surface area (Å²) in [5.74, 6) is 0. The highest BCUT2D eigenvalue weighted by atomic mass is 35.5. The molecule has 0 radical (unpaired) electrons. The third-order valence-corrected chi connectivity index (χ3v) is 3.61. The number of nitro groups is 1. The number of benzene rings is 2. The predicted octanol–water partition coefficient (Wildman–Crippen LogP) is 3.97. The van der Waals surface area contributed by atoms with E-state index in [1.54, 1.807) is 18.2 Å². The van der Waals surface area contributed by atoms with E-state index in [0.29, 0.717) is 22.0 Å². The number of hydrogen-bond acceptors (Lipinski definition) is 4. The van der Waals surface area contributed by atoms with E-state index in [4.69, 9.17) is 11.6 Å². The van der Waals surface area contributed by atoms with Gasteiger partial charge < -0.3 is 5.32 Å². The van der Waals surface area contributed by atoms with Gasteiger partial charge in [-0.2, -0.15) is 0 Å². The number of anilines is 1. The zero-order valence-corrected chi connectivity index (χ0v) is 11.6. The summed E-state index contributed by atoms with van der Waals surface area (Å²) in [6, 6.07) is 11.5. The monoisotopic (exact) mass is 308 g/mol. The van der Waals surface area contributed by atoms with Crippen molar-refractivity contribution < 1.29 is 9.72 Å². The lowest BCUT2D eigenvalue weighted by molar-refractivity contribution is -0.385. The van der Waals surface area contributed by atoms with Gasteiger partial charge in [-0.15, -0.1) is 0 Å². The number of amides is 1. The zero-order valence-electron chi connectivity index (χ0n) is 10.1. The van der Waals surface area contributed by atoms with Gasteiger partial charge in [-0.05, 0) is 30.3 Å². The number of nitrogens with zero attached hydrogens (tertiary/aromatic N) is 1. The van der Waals surface area contributed by atoms with Crippen LogP contribution in [-0.2, 0) is 4.79 Å². The lowest BCUT2D eigenvalue weighted by Crippen LogP contribution is -1.96. The molecule has 0 saturated heterocycles. The molecular formula is C13H9ClN2O3S. The normalized spacial score (nSPS) is 10.1. The van der Waals surface area contributed by atoms with Gasteiger partial charge >= 0.3 is 0 Å². The first kappa shape index (κ1) is 14.4. The molecule has 0 aliphatic heterocycles. The van der Waals surface area contributed by atoms with Crippen molar-refractivity contribution in [3.8, 4) is 0 Å². The van der Waals surface area contributed by atoms with Crippen molar-refractivity contribution in [3.63, 3.8) is 0 Å². The summed E-state index contributed by atoms with van der Waals surface area (Å²) >= 11 is 7.15. The van der Waals surface area contributed by atoms with E-state index in [0.717, 1.165) is 4.90 Å². The highest BCUT2D eigenvalue weighted by Gasteiger charge is 2.10. The molecule has 0 saturated carbocycles. The van der Waals surface area contributed by atoms with Crippen LogP contribution in [0.25, 0.3) is 0 Å². The summed E-state index contributed by atoms with van der Waals surface area (Å²) in [4.78, 5) is 22.4. The van der Waals surface area contributed by atoms with Crippen LogP contribution >= 0.6 is 23.4 Å². The van der Waals surface area contributed by atoms with E-state index < -0.39 is 4.92 Å². The van der Waals surface area contributed by atoms with Gasteiger partial charge in [0, 0.05) is 32.6 Å². The van der Waals surface area contributed by atoms with Crippen LogP contribution in [0.5, 0.6) is 0 Å². The maximum Gasteiger partial charge on any atom is 0.272 e. The topological polar surface area (TPSA) is 72.2 Å². The molecule has 0 atom stereocenters. The van der Waals surface area contributed by atoms with Crippen LogP contribution in [0.4, 0.5) is 11.4 Å². The maximum absolute atomic E-state index is 10.9. The summed E-state index contributed by atoms with van der Waals surface area (Å²) < 4.78 is 0. The molecule has 0 aromatic heterocycles. The van der Waals surface area contributed by atoms with Crippen molar-refractivity contribution in [1.29, 1.82) is 0 Å². The minimum Gasteiger partial charge on any atom is -0.328 e. The third kappa shape index (κ3) is 3.72. The molecule has 5 nitrogen and oxygen atoms in total. The molecule has 0 bridgehead atoms. The molecule has 0 heterocycles. The van der Waals surface area contributed by atoms with E-state index in [9.17, 15) is 14.9 Å². The number of nitrogens with one attached hydrogen (secondary N) is 1. The molecule has 0 spiro atoms. The lowest BCUT2D eigenvalue weighted by Gasteiger charge is -2.05. The number of nitro benzene ring substituents is 1. The van der Waals surface area contributed by atoms with Crippen molar-refractivity contribution in [2.75, 3.05) is 5.32 Å². The second kappa shape index (κ2) is 6.40. The van der Waals surface area contributed by atoms with Crippen LogP contribution in [0.2, 0.25) is 5.02 Å². The SMILES string of the molecule is O=CNc1cc(Sc2ccc(Cl)cc2)cc([N+](=O)[O-])c1.